The number of carbonyl (C=O) groups is 1. The van der Waals surface area contributed by atoms with Crippen LogP contribution in [0.15, 0.2) is 64.5 Å². The molecule has 0 fully saturated rings. The van der Waals surface area contributed by atoms with Crippen LogP contribution in [0.4, 0.5) is 0 Å². The van der Waals surface area contributed by atoms with Crippen molar-refractivity contribution in [2.75, 3.05) is 14.2 Å². The van der Waals surface area contributed by atoms with Crippen LogP contribution in [-0.2, 0) is 4.79 Å². The van der Waals surface area contributed by atoms with E-state index in [0.717, 1.165) is 22.4 Å². The summed E-state index contributed by atoms with van der Waals surface area (Å²) in [7, 11) is 3.09. The molecule has 1 N–H and O–H groups in total. The van der Waals surface area contributed by atoms with E-state index in [1.807, 2.05) is 25.1 Å². The van der Waals surface area contributed by atoms with Gasteiger partial charge in [0.05, 0.1) is 31.3 Å². The maximum absolute atomic E-state index is 13.7. The minimum atomic E-state index is -1.13. The first-order chi connectivity index (χ1) is 18.7. The van der Waals surface area contributed by atoms with Crippen LogP contribution in [0.2, 0.25) is 0 Å². The number of aliphatic carboxylic acids is 1. The average Bonchev–Trinajstić information content (AvgIpc) is 2.92. The predicted molar refractivity (Wildman–Crippen MR) is 151 cm³/mol. The number of carboxylic acid groups (broad SMARTS) is 1. The lowest BCUT2D eigenvalue weighted by atomic mass is 9.96. The third-order valence-electron chi connectivity index (χ3n) is 6.38. The summed E-state index contributed by atoms with van der Waals surface area (Å²) in [5.74, 6) is 0.693. The van der Waals surface area contributed by atoms with Crippen molar-refractivity contribution in [1.82, 2.24) is 9.66 Å². The van der Waals surface area contributed by atoms with Crippen LogP contribution in [0.25, 0.3) is 22.3 Å². The first-order valence-corrected chi connectivity index (χ1v) is 12.5. The van der Waals surface area contributed by atoms with E-state index in [1.54, 1.807) is 43.5 Å². The molecule has 0 saturated carbocycles. The van der Waals surface area contributed by atoms with Crippen molar-refractivity contribution in [2.45, 2.75) is 39.7 Å². The largest absolute Gasteiger partial charge is 0.496 e. The lowest BCUT2D eigenvalue weighted by Crippen LogP contribution is -2.24. The normalized spacial score (nSPS) is 12.2. The minimum Gasteiger partial charge on any atom is -0.496 e. The maximum Gasteiger partial charge on any atom is 0.344 e. The third kappa shape index (κ3) is 5.47. The van der Waals surface area contributed by atoms with E-state index in [2.05, 4.69) is 18.9 Å². The average molecular weight is 530 g/mol. The number of aryl methyl sites for hydroxylation is 1. The van der Waals surface area contributed by atoms with E-state index in [0.29, 0.717) is 28.0 Å². The Bertz CT molecular complexity index is 1620. The van der Waals surface area contributed by atoms with Gasteiger partial charge in [0.2, 0.25) is 0 Å². The quantitative estimate of drug-likeness (QED) is 0.295. The van der Waals surface area contributed by atoms with E-state index >= 15 is 0 Å². The van der Waals surface area contributed by atoms with Crippen molar-refractivity contribution < 1.29 is 24.1 Å². The summed E-state index contributed by atoms with van der Waals surface area (Å²) in [6.07, 6.45) is 0.307. The fourth-order valence-electron chi connectivity index (χ4n) is 4.24. The molecule has 0 radical (unpaired) electrons. The smallest absolute Gasteiger partial charge is 0.344 e. The van der Waals surface area contributed by atoms with Crippen molar-refractivity contribution >= 4 is 23.1 Å². The Morgan fingerprint density at radius 3 is 2.41 bits per heavy atom. The van der Waals surface area contributed by atoms with Crippen LogP contribution in [0.3, 0.4) is 0 Å². The summed E-state index contributed by atoms with van der Waals surface area (Å²) >= 11 is 0. The zero-order valence-corrected chi connectivity index (χ0v) is 22.8. The molecule has 0 aliphatic carbocycles. The van der Waals surface area contributed by atoms with Crippen molar-refractivity contribution in [3.8, 4) is 28.6 Å². The highest BCUT2D eigenvalue weighted by molar-refractivity contribution is 5.86. The van der Waals surface area contributed by atoms with Crippen molar-refractivity contribution in [3.63, 3.8) is 0 Å². The highest BCUT2D eigenvalue weighted by Crippen LogP contribution is 2.34. The number of nitrogens with zero attached hydrogens (tertiary/aromatic N) is 3. The molecule has 0 saturated heterocycles. The highest BCUT2D eigenvalue weighted by atomic mass is 16.5. The van der Waals surface area contributed by atoms with E-state index < -0.39 is 12.1 Å². The molecule has 0 amide bonds. The molecule has 1 aromatic heterocycles. The monoisotopic (exact) mass is 529 g/mol. The highest BCUT2D eigenvalue weighted by Gasteiger charge is 2.20. The summed E-state index contributed by atoms with van der Waals surface area (Å²) in [4.78, 5) is 30.0. The van der Waals surface area contributed by atoms with Crippen LogP contribution in [-0.4, -0.2) is 47.3 Å². The summed E-state index contributed by atoms with van der Waals surface area (Å²) in [6.45, 7) is 7.49. The molecule has 39 heavy (non-hydrogen) atoms. The fourth-order valence-corrected chi connectivity index (χ4v) is 4.24. The number of hydrogen-bond donors (Lipinski definition) is 1. The molecule has 0 spiro atoms. The van der Waals surface area contributed by atoms with Gasteiger partial charge < -0.3 is 19.3 Å². The van der Waals surface area contributed by atoms with Crippen molar-refractivity contribution in [2.24, 2.45) is 5.10 Å². The second-order valence-corrected chi connectivity index (χ2v) is 9.35. The Balaban J connectivity index is 1.96. The van der Waals surface area contributed by atoms with E-state index in [-0.39, 0.29) is 17.2 Å². The molecule has 4 rings (SSSR count). The molecule has 1 atom stereocenters. The Morgan fingerprint density at radius 2 is 1.74 bits per heavy atom. The van der Waals surface area contributed by atoms with Gasteiger partial charge >= 0.3 is 5.97 Å². The molecular formula is C30H31N3O6. The molecular weight excluding hydrogens is 498 g/mol. The van der Waals surface area contributed by atoms with Gasteiger partial charge in [0, 0.05) is 11.1 Å². The molecule has 3 aromatic carbocycles. The van der Waals surface area contributed by atoms with Gasteiger partial charge in [-0.25, -0.2) is 9.78 Å². The van der Waals surface area contributed by atoms with Gasteiger partial charge in [-0.3, -0.25) is 4.79 Å². The number of fused-ring (bicyclic) bond motifs is 1. The number of aromatic nitrogens is 2. The fraction of sp³-hybridized carbons (Fsp3) is 0.267. The van der Waals surface area contributed by atoms with Crippen LogP contribution < -0.4 is 19.8 Å². The molecule has 0 aliphatic rings. The predicted octanol–water partition coefficient (Wildman–Crippen LogP) is 5.25. The number of carboxylic acids is 1. The third-order valence-corrected chi connectivity index (χ3v) is 6.38. The first-order valence-electron chi connectivity index (χ1n) is 12.5. The van der Waals surface area contributed by atoms with Gasteiger partial charge in [0.15, 0.2) is 23.4 Å². The van der Waals surface area contributed by atoms with Crippen LogP contribution in [0.5, 0.6) is 17.2 Å². The van der Waals surface area contributed by atoms with E-state index in [1.165, 1.54) is 24.9 Å². The van der Waals surface area contributed by atoms with Crippen LogP contribution in [0.1, 0.15) is 43.4 Å². The molecule has 9 heteroatoms. The number of methoxy groups -OCH3 is 2. The van der Waals surface area contributed by atoms with Crippen LogP contribution in [0, 0.1) is 6.92 Å². The van der Waals surface area contributed by atoms with Crippen LogP contribution >= 0.6 is 0 Å². The standard InChI is InChI=1S/C30H31N3O6/c1-17(2)22-15-23(18(3)14-26(22)38-6)28-32-24-12-8-7-11-21(24)29(34)33(28)31-16-20-10-9-13-25(37-5)27(20)39-19(4)30(35)36/h7-17,19H,1-6H3,(H,35,36)/t19-/m0/s1. The summed E-state index contributed by atoms with van der Waals surface area (Å²) < 4.78 is 17.9. The molecule has 4 aromatic rings. The molecule has 202 valence electrons. The van der Waals surface area contributed by atoms with Gasteiger partial charge in [0.25, 0.3) is 5.56 Å². The lowest BCUT2D eigenvalue weighted by molar-refractivity contribution is -0.144. The number of ether oxygens (including phenoxy) is 3. The number of rotatable bonds is 9. The minimum absolute atomic E-state index is 0.163. The number of para-hydroxylation sites is 2. The number of benzene rings is 3. The second-order valence-electron chi connectivity index (χ2n) is 9.35. The SMILES string of the molecule is COc1cc(C)c(-c2nc3ccccc3c(=O)n2N=Cc2cccc(OC)c2O[C@@H](C)C(=O)O)cc1C(C)C. The van der Waals surface area contributed by atoms with Gasteiger partial charge in [-0.05, 0) is 67.3 Å². The van der Waals surface area contributed by atoms with Gasteiger partial charge in [0.1, 0.15) is 5.75 Å². The Hall–Kier alpha value is -4.66. The Morgan fingerprint density at radius 1 is 1.03 bits per heavy atom. The van der Waals surface area contributed by atoms with E-state index in [4.69, 9.17) is 19.2 Å². The summed E-state index contributed by atoms with van der Waals surface area (Å²) in [6, 6.07) is 16.1. The first kappa shape index (κ1) is 27.4. The van der Waals surface area contributed by atoms with Gasteiger partial charge in [-0.15, -0.1) is 0 Å². The Kier molecular flexibility index (Phi) is 7.99. The zero-order chi connectivity index (χ0) is 28.3. The summed E-state index contributed by atoms with van der Waals surface area (Å²) in [5, 5.41) is 14.3. The van der Waals surface area contributed by atoms with E-state index in [9.17, 15) is 14.7 Å². The van der Waals surface area contributed by atoms with Crippen molar-refractivity contribution in [3.05, 3.63) is 81.6 Å². The Labute approximate surface area is 226 Å². The maximum atomic E-state index is 13.7. The van der Waals surface area contributed by atoms with Crippen molar-refractivity contribution in [1.29, 1.82) is 0 Å². The van der Waals surface area contributed by atoms with Gasteiger partial charge in [-0.1, -0.05) is 32.0 Å². The molecule has 1 heterocycles. The summed E-state index contributed by atoms with van der Waals surface area (Å²) in [5.41, 5.74) is 3.21. The second kappa shape index (κ2) is 11.4. The molecule has 0 aliphatic heterocycles. The topological polar surface area (TPSA) is 112 Å². The molecule has 0 unspecified atom stereocenters. The molecule has 9 nitrogen and oxygen atoms in total. The molecule has 0 bridgehead atoms. The lowest BCUT2D eigenvalue weighted by Gasteiger charge is -2.18. The zero-order valence-electron chi connectivity index (χ0n) is 22.8. The van der Waals surface area contributed by atoms with Gasteiger partial charge in [-0.2, -0.15) is 9.78 Å². The number of hydrogen-bond acceptors (Lipinski definition) is 7.